The molecule has 0 atom stereocenters. The highest BCUT2D eigenvalue weighted by Crippen LogP contribution is 2.42. The van der Waals surface area contributed by atoms with Gasteiger partial charge in [0, 0.05) is 5.92 Å². The average Bonchev–Trinajstić information content (AvgIpc) is 2.55. The summed E-state index contributed by atoms with van der Waals surface area (Å²) in [5.74, 6) is 3.31. The van der Waals surface area contributed by atoms with E-state index in [2.05, 4.69) is 25.1 Å². The number of rotatable bonds is 6. The lowest BCUT2D eigenvalue weighted by molar-refractivity contribution is 0.153. The highest BCUT2D eigenvalue weighted by atomic mass is 14.4. The first-order valence-electron chi connectivity index (χ1n) is 9.38. The van der Waals surface area contributed by atoms with Crippen LogP contribution in [0.5, 0.6) is 0 Å². The van der Waals surface area contributed by atoms with E-state index in [0.29, 0.717) is 5.92 Å². The molecular weight excluding hydrogens is 254 g/mol. The lowest BCUT2D eigenvalue weighted by atomic mass is 9.69. The number of hydrogen-bond acceptors (Lipinski definition) is 1. The third kappa shape index (κ3) is 5.50. The van der Waals surface area contributed by atoms with Gasteiger partial charge in [0.05, 0.1) is 6.07 Å². The van der Waals surface area contributed by atoms with E-state index in [0.717, 1.165) is 17.8 Å². The lowest BCUT2D eigenvalue weighted by Gasteiger charge is -2.36. The van der Waals surface area contributed by atoms with E-state index < -0.39 is 0 Å². The van der Waals surface area contributed by atoms with Gasteiger partial charge in [-0.25, -0.2) is 0 Å². The fraction of sp³-hybridized carbons (Fsp3) is 0.850. The zero-order valence-corrected chi connectivity index (χ0v) is 13.9. The topological polar surface area (TPSA) is 23.8 Å². The standard InChI is InChI=1S/C20H33N/c1-2-3-4-5-6-7-17-8-12-19(13-9-17)20-14-10-18(16-21)11-15-20/h3-4,17-20H,2,5-15H2,1H3/b4-3-. The van der Waals surface area contributed by atoms with Crippen LogP contribution in [0.3, 0.4) is 0 Å². The van der Waals surface area contributed by atoms with Crippen molar-refractivity contribution in [2.45, 2.75) is 84.0 Å². The van der Waals surface area contributed by atoms with Crippen molar-refractivity contribution in [1.82, 2.24) is 0 Å². The zero-order chi connectivity index (χ0) is 14.9. The van der Waals surface area contributed by atoms with E-state index in [1.807, 2.05) is 0 Å². The van der Waals surface area contributed by atoms with Crippen LogP contribution in [-0.4, -0.2) is 0 Å². The number of allylic oxidation sites excluding steroid dienone is 2. The average molecular weight is 287 g/mol. The van der Waals surface area contributed by atoms with Crippen molar-refractivity contribution in [2.24, 2.45) is 23.7 Å². The van der Waals surface area contributed by atoms with Crippen LogP contribution in [-0.2, 0) is 0 Å². The van der Waals surface area contributed by atoms with Crippen molar-refractivity contribution in [3.63, 3.8) is 0 Å². The van der Waals surface area contributed by atoms with Crippen LogP contribution in [0.1, 0.15) is 84.0 Å². The van der Waals surface area contributed by atoms with Gasteiger partial charge in [-0.2, -0.15) is 5.26 Å². The Balaban J connectivity index is 1.60. The Hall–Kier alpha value is -0.770. The summed E-state index contributed by atoms with van der Waals surface area (Å²) < 4.78 is 0. The van der Waals surface area contributed by atoms with Crippen LogP contribution in [0.25, 0.3) is 0 Å². The van der Waals surface area contributed by atoms with Gasteiger partial charge in [0.25, 0.3) is 0 Å². The van der Waals surface area contributed by atoms with Crippen molar-refractivity contribution in [2.75, 3.05) is 0 Å². The van der Waals surface area contributed by atoms with Gasteiger partial charge in [-0.1, -0.05) is 38.3 Å². The molecule has 0 aromatic rings. The molecule has 0 radical (unpaired) electrons. The second-order valence-corrected chi connectivity index (χ2v) is 7.33. The van der Waals surface area contributed by atoms with Crippen LogP contribution >= 0.6 is 0 Å². The molecule has 1 nitrogen and oxygen atoms in total. The number of nitrogens with zero attached hydrogens (tertiary/aromatic N) is 1. The van der Waals surface area contributed by atoms with Crippen LogP contribution in [0, 0.1) is 35.0 Å². The molecule has 0 N–H and O–H groups in total. The van der Waals surface area contributed by atoms with Gasteiger partial charge >= 0.3 is 0 Å². The molecular formula is C20H33N. The summed E-state index contributed by atoms with van der Waals surface area (Å²) in [6.45, 7) is 2.21. The summed E-state index contributed by atoms with van der Waals surface area (Å²) in [4.78, 5) is 0. The van der Waals surface area contributed by atoms with E-state index in [9.17, 15) is 0 Å². The van der Waals surface area contributed by atoms with Gasteiger partial charge in [-0.05, 0) is 75.5 Å². The molecule has 21 heavy (non-hydrogen) atoms. The largest absolute Gasteiger partial charge is 0.198 e. The Bertz CT molecular complexity index is 335. The Morgan fingerprint density at radius 2 is 1.52 bits per heavy atom. The molecule has 0 saturated heterocycles. The van der Waals surface area contributed by atoms with Crippen molar-refractivity contribution in [3.8, 4) is 6.07 Å². The maximum absolute atomic E-state index is 9.00. The summed E-state index contributed by atoms with van der Waals surface area (Å²) in [6, 6.07) is 2.47. The normalized spacial score (nSPS) is 33.9. The fourth-order valence-electron chi connectivity index (χ4n) is 4.48. The number of nitriles is 1. The van der Waals surface area contributed by atoms with E-state index in [-0.39, 0.29) is 0 Å². The zero-order valence-electron chi connectivity index (χ0n) is 13.9. The molecule has 2 rings (SSSR count). The van der Waals surface area contributed by atoms with Crippen LogP contribution in [0.4, 0.5) is 0 Å². The van der Waals surface area contributed by atoms with Gasteiger partial charge < -0.3 is 0 Å². The maximum atomic E-state index is 9.00. The first-order valence-corrected chi connectivity index (χ1v) is 9.38. The molecule has 0 aromatic heterocycles. The first kappa shape index (κ1) is 16.6. The highest BCUT2D eigenvalue weighted by Gasteiger charge is 2.30. The summed E-state index contributed by atoms with van der Waals surface area (Å²) >= 11 is 0. The van der Waals surface area contributed by atoms with Gasteiger partial charge in [-0.3, -0.25) is 0 Å². The van der Waals surface area contributed by atoms with Crippen molar-refractivity contribution >= 4 is 0 Å². The third-order valence-electron chi connectivity index (χ3n) is 5.90. The Morgan fingerprint density at radius 1 is 0.905 bits per heavy atom. The molecule has 0 heterocycles. The molecule has 118 valence electrons. The van der Waals surface area contributed by atoms with Gasteiger partial charge in [-0.15, -0.1) is 0 Å². The fourth-order valence-corrected chi connectivity index (χ4v) is 4.48. The van der Waals surface area contributed by atoms with Crippen molar-refractivity contribution in [3.05, 3.63) is 12.2 Å². The molecule has 2 aliphatic carbocycles. The second kappa shape index (κ2) is 9.29. The minimum absolute atomic E-state index is 0.369. The van der Waals surface area contributed by atoms with Crippen LogP contribution in [0.2, 0.25) is 0 Å². The summed E-state index contributed by atoms with van der Waals surface area (Å²) in [7, 11) is 0. The Kier molecular flexibility index (Phi) is 7.34. The van der Waals surface area contributed by atoms with Crippen molar-refractivity contribution < 1.29 is 0 Å². The molecule has 0 aliphatic heterocycles. The smallest absolute Gasteiger partial charge is 0.0655 e. The molecule has 0 unspecified atom stereocenters. The predicted octanol–water partition coefficient (Wildman–Crippen LogP) is 6.26. The van der Waals surface area contributed by atoms with Gasteiger partial charge in [0.1, 0.15) is 0 Å². The molecule has 0 spiro atoms. The minimum Gasteiger partial charge on any atom is -0.198 e. The predicted molar refractivity (Wildman–Crippen MR) is 89.8 cm³/mol. The molecule has 0 bridgehead atoms. The third-order valence-corrected chi connectivity index (χ3v) is 5.90. The van der Waals surface area contributed by atoms with E-state index in [4.69, 9.17) is 5.26 Å². The second-order valence-electron chi connectivity index (χ2n) is 7.33. The Morgan fingerprint density at radius 3 is 2.10 bits per heavy atom. The quantitative estimate of drug-likeness (QED) is 0.418. The number of hydrogen-bond donors (Lipinski definition) is 0. The van der Waals surface area contributed by atoms with Crippen molar-refractivity contribution in [1.29, 1.82) is 5.26 Å². The summed E-state index contributed by atoms with van der Waals surface area (Å²) in [5, 5.41) is 9.00. The molecule has 2 aliphatic rings. The molecule has 1 heteroatoms. The summed E-state index contributed by atoms with van der Waals surface area (Å²) in [5.41, 5.74) is 0. The number of unbranched alkanes of at least 4 members (excludes halogenated alkanes) is 1. The first-order chi connectivity index (χ1) is 10.3. The van der Waals surface area contributed by atoms with E-state index in [1.165, 1.54) is 77.0 Å². The molecule has 0 aromatic carbocycles. The van der Waals surface area contributed by atoms with Gasteiger partial charge in [0.2, 0.25) is 0 Å². The van der Waals surface area contributed by atoms with Crippen LogP contribution in [0.15, 0.2) is 12.2 Å². The maximum Gasteiger partial charge on any atom is 0.0655 e. The monoisotopic (exact) mass is 287 g/mol. The lowest BCUT2D eigenvalue weighted by Crippen LogP contribution is -2.25. The molecule has 2 saturated carbocycles. The van der Waals surface area contributed by atoms with Gasteiger partial charge in [0.15, 0.2) is 0 Å². The van der Waals surface area contributed by atoms with Crippen LogP contribution < -0.4 is 0 Å². The minimum atomic E-state index is 0.369. The highest BCUT2D eigenvalue weighted by molar-refractivity contribution is 4.89. The Labute approximate surface area is 131 Å². The molecule has 2 fully saturated rings. The summed E-state index contributed by atoms with van der Waals surface area (Å²) in [6.07, 6.45) is 20.8. The van der Waals surface area contributed by atoms with E-state index in [1.54, 1.807) is 0 Å². The van der Waals surface area contributed by atoms with E-state index >= 15 is 0 Å². The SMILES string of the molecule is CC/C=C\CCCC1CCC(C2CCC(C#N)CC2)CC1. The molecule has 0 amide bonds.